The number of guanidine groups is 1. The van der Waals surface area contributed by atoms with Crippen LogP contribution in [0.2, 0.25) is 0 Å². The van der Waals surface area contributed by atoms with Crippen molar-refractivity contribution >= 4 is 40.1 Å². The number of thiazole rings is 1. The van der Waals surface area contributed by atoms with Crippen LogP contribution < -0.4 is 15.0 Å². The average Bonchev–Trinajstić information content (AvgIpc) is 3.58. The molecule has 5 rings (SSSR count). The number of hydrogen-bond donors (Lipinski definition) is 1. The fourth-order valence-electron chi connectivity index (χ4n) is 3.99. The van der Waals surface area contributed by atoms with Crippen LogP contribution in [0.1, 0.15) is 30.8 Å². The summed E-state index contributed by atoms with van der Waals surface area (Å²) in [6.07, 6.45) is 2.53. The van der Waals surface area contributed by atoms with Gasteiger partial charge in [0.05, 0.1) is 25.2 Å². The number of aliphatic imine (C=N–C) groups is 1. The van der Waals surface area contributed by atoms with Gasteiger partial charge in [-0.05, 0) is 36.6 Å². The molecule has 2 aliphatic rings. The minimum atomic E-state index is -0.281. The molecule has 10 nitrogen and oxygen atoms in total. The van der Waals surface area contributed by atoms with E-state index in [0.29, 0.717) is 48.2 Å². The number of nitrogens with one attached hydrogen (secondary N) is 1. The Kier molecular flexibility index (Phi) is 6.25. The number of hydrogen-bond acceptors (Lipinski definition) is 8. The largest absolute Gasteiger partial charge is 0.494 e. The number of anilines is 2. The van der Waals surface area contributed by atoms with Crippen molar-refractivity contribution in [2.24, 2.45) is 10.9 Å². The molecule has 0 saturated carbocycles. The number of fused-ring (bicyclic) bond motifs is 3. The number of amides is 2. The van der Waals surface area contributed by atoms with E-state index in [1.807, 2.05) is 34.5 Å². The lowest BCUT2D eigenvalue weighted by atomic mass is 10.1. The molecular formula is C24H27N7O3S. The molecule has 0 fully saturated rings. The van der Waals surface area contributed by atoms with Gasteiger partial charge in [0.2, 0.25) is 11.9 Å². The van der Waals surface area contributed by atoms with E-state index in [1.54, 1.807) is 11.6 Å². The lowest BCUT2D eigenvalue weighted by Gasteiger charge is -2.30. The first-order valence-electron chi connectivity index (χ1n) is 11.5. The molecule has 0 radical (unpaired) electrons. The Labute approximate surface area is 207 Å². The quantitative estimate of drug-likeness (QED) is 0.516. The minimum Gasteiger partial charge on any atom is -0.494 e. The molecule has 0 atom stereocenters. The highest BCUT2D eigenvalue weighted by Gasteiger charge is 2.38. The van der Waals surface area contributed by atoms with E-state index in [1.165, 1.54) is 22.6 Å². The van der Waals surface area contributed by atoms with Gasteiger partial charge in [-0.2, -0.15) is 0 Å². The van der Waals surface area contributed by atoms with Gasteiger partial charge in [0.25, 0.3) is 5.91 Å². The molecule has 3 aromatic rings. The molecule has 0 bridgehead atoms. The second-order valence-corrected chi connectivity index (χ2v) is 9.74. The smallest absolute Gasteiger partial charge is 0.280 e. The zero-order valence-corrected chi connectivity index (χ0v) is 20.7. The molecular weight excluding hydrogens is 466 g/mol. The molecule has 0 unspecified atom stereocenters. The maximum Gasteiger partial charge on any atom is 0.280 e. The van der Waals surface area contributed by atoms with E-state index >= 15 is 0 Å². The van der Waals surface area contributed by atoms with Gasteiger partial charge in [-0.1, -0.05) is 13.8 Å². The predicted molar refractivity (Wildman–Crippen MR) is 135 cm³/mol. The number of ether oxygens (including phenoxy) is 1. The van der Waals surface area contributed by atoms with Crippen LogP contribution in [-0.4, -0.2) is 64.0 Å². The second-order valence-electron chi connectivity index (χ2n) is 8.88. The van der Waals surface area contributed by atoms with Crippen molar-refractivity contribution in [2.45, 2.75) is 26.8 Å². The molecule has 0 spiro atoms. The van der Waals surface area contributed by atoms with Gasteiger partial charge < -0.3 is 14.6 Å². The van der Waals surface area contributed by atoms with E-state index in [2.05, 4.69) is 34.1 Å². The summed E-state index contributed by atoms with van der Waals surface area (Å²) < 4.78 is 7.35. The van der Waals surface area contributed by atoms with Gasteiger partial charge >= 0.3 is 0 Å². The van der Waals surface area contributed by atoms with Crippen LogP contribution in [0, 0.1) is 5.92 Å². The zero-order chi connectivity index (χ0) is 24.5. The summed E-state index contributed by atoms with van der Waals surface area (Å²) in [5.41, 5.74) is 2.11. The van der Waals surface area contributed by atoms with Crippen LogP contribution >= 0.6 is 11.3 Å². The SMILES string of the molecule is CC(C)CCOc1ccc(-c2csc(NC(=O)Cn3cnc4c3C(=O)N(C)C3=NCCN34)n2)cc1. The molecule has 2 aromatic heterocycles. The van der Waals surface area contributed by atoms with E-state index in [9.17, 15) is 9.59 Å². The van der Waals surface area contributed by atoms with Crippen molar-refractivity contribution in [3.8, 4) is 17.0 Å². The van der Waals surface area contributed by atoms with Gasteiger partial charge in [-0.25, -0.2) is 9.97 Å². The number of benzene rings is 1. The van der Waals surface area contributed by atoms with E-state index in [4.69, 9.17) is 4.74 Å². The highest BCUT2D eigenvalue weighted by molar-refractivity contribution is 7.14. The van der Waals surface area contributed by atoms with E-state index < -0.39 is 0 Å². The maximum atomic E-state index is 12.9. The Hall–Kier alpha value is -3.73. The first kappa shape index (κ1) is 23.0. The summed E-state index contributed by atoms with van der Waals surface area (Å²) in [7, 11) is 1.68. The summed E-state index contributed by atoms with van der Waals surface area (Å²) >= 11 is 1.35. The van der Waals surface area contributed by atoms with Crippen LogP contribution in [0.3, 0.4) is 0 Å². The standard InChI is InChI=1S/C24H27N7O3S/c1-15(2)8-11-34-17-6-4-16(5-7-17)18-13-35-23(27-18)28-19(32)12-30-14-26-21-20(30)22(33)29(3)24-25-9-10-31(21)24/h4-7,13-15H,8-12H2,1-3H3,(H,27,28,32). The topological polar surface area (TPSA) is 105 Å². The summed E-state index contributed by atoms with van der Waals surface area (Å²) in [6.45, 7) is 6.27. The monoisotopic (exact) mass is 493 g/mol. The van der Waals surface area contributed by atoms with Gasteiger partial charge in [-0.15, -0.1) is 11.3 Å². The summed E-state index contributed by atoms with van der Waals surface area (Å²) in [4.78, 5) is 42.3. The van der Waals surface area contributed by atoms with Crippen LogP contribution in [0.15, 0.2) is 41.0 Å². The second kappa shape index (κ2) is 9.49. The number of rotatable bonds is 8. The average molecular weight is 494 g/mol. The molecule has 0 saturated heterocycles. The van der Waals surface area contributed by atoms with Crippen molar-refractivity contribution in [1.29, 1.82) is 0 Å². The molecule has 2 amide bonds. The number of nitrogens with zero attached hydrogens (tertiary/aromatic N) is 6. The maximum absolute atomic E-state index is 12.9. The van der Waals surface area contributed by atoms with Crippen LogP contribution in [0.4, 0.5) is 10.9 Å². The predicted octanol–water partition coefficient (Wildman–Crippen LogP) is 3.33. The zero-order valence-electron chi connectivity index (χ0n) is 19.9. The highest BCUT2D eigenvalue weighted by Crippen LogP contribution is 2.29. The highest BCUT2D eigenvalue weighted by atomic mass is 32.1. The third-order valence-electron chi connectivity index (χ3n) is 5.88. The van der Waals surface area contributed by atoms with E-state index in [-0.39, 0.29) is 18.4 Å². The van der Waals surface area contributed by atoms with Gasteiger partial charge in [0.1, 0.15) is 12.3 Å². The van der Waals surface area contributed by atoms with Crippen molar-refractivity contribution in [1.82, 2.24) is 19.4 Å². The molecule has 0 aliphatic carbocycles. The molecule has 2 aliphatic heterocycles. The molecule has 182 valence electrons. The minimum absolute atomic E-state index is 0.0421. The third-order valence-corrected chi connectivity index (χ3v) is 6.64. The number of imidazole rings is 1. The third kappa shape index (κ3) is 4.63. The molecule has 1 N–H and O–H groups in total. The van der Waals surface area contributed by atoms with Crippen molar-refractivity contribution in [3.05, 3.63) is 41.7 Å². The first-order chi connectivity index (χ1) is 16.9. The normalized spacial score (nSPS) is 14.7. The van der Waals surface area contributed by atoms with Crippen molar-refractivity contribution < 1.29 is 14.3 Å². The Balaban J connectivity index is 1.22. The first-order valence-corrected chi connectivity index (χ1v) is 12.4. The Bertz CT molecular complexity index is 1280. The van der Waals surface area contributed by atoms with E-state index in [0.717, 1.165) is 23.4 Å². The Morgan fingerprint density at radius 3 is 2.83 bits per heavy atom. The molecule has 1 aromatic carbocycles. The number of carbonyl (C=O) groups excluding carboxylic acids is 2. The Morgan fingerprint density at radius 1 is 1.26 bits per heavy atom. The van der Waals surface area contributed by atoms with Crippen LogP contribution in [0.5, 0.6) is 5.75 Å². The fourth-order valence-corrected chi connectivity index (χ4v) is 4.73. The van der Waals surface area contributed by atoms with Crippen LogP contribution in [0.25, 0.3) is 11.3 Å². The number of carbonyl (C=O) groups is 2. The lowest BCUT2D eigenvalue weighted by Crippen LogP contribution is -2.48. The van der Waals surface area contributed by atoms with Gasteiger partial charge in [0, 0.05) is 24.5 Å². The lowest BCUT2D eigenvalue weighted by molar-refractivity contribution is -0.116. The molecule has 4 heterocycles. The molecule has 11 heteroatoms. The van der Waals surface area contributed by atoms with Gasteiger partial charge in [0.15, 0.2) is 16.6 Å². The van der Waals surface area contributed by atoms with Crippen LogP contribution in [-0.2, 0) is 11.3 Å². The molecule has 35 heavy (non-hydrogen) atoms. The summed E-state index contributed by atoms with van der Waals surface area (Å²) in [6, 6.07) is 7.78. The van der Waals surface area contributed by atoms with Crippen molar-refractivity contribution in [3.63, 3.8) is 0 Å². The Morgan fingerprint density at radius 2 is 2.06 bits per heavy atom. The summed E-state index contributed by atoms with van der Waals surface area (Å²) in [5, 5.41) is 5.23. The van der Waals surface area contributed by atoms with Gasteiger partial charge in [-0.3, -0.25) is 24.4 Å². The van der Waals surface area contributed by atoms with Crippen molar-refractivity contribution in [2.75, 3.05) is 37.0 Å². The fraction of sp³-hybridized carbons (Fsp3) is 0.375. The summed E-state index contributed by atoms with van der Waals surface area (Å²) in [5.74, 6) is 2.07. The number of aromatic nitrogens is 3.